The molecule has 124 valence electrons. The average Bonchev–Trinajstić information content (AvgIpc) is 3.01. The SMILES string of the molecule is CCn1c(-c2ccc3c(c2)OCCO3)cnc1SCCCOC. The minimum absolute atomic E-state index is 0.601. The lowest BCUT2D eigenvalue weighted by molar-refractivity contribution is 0.171. The molecule has 3 rings (SSSR count). The Morgan fingerprint density at radius 3 is 2.87 bits per heavy atom. The molecule has 0 bridgehead atoms. The zero-order valence-electron chi connectivity index (χ0n) is 13.6. The molecule has 6 heteroatoms. The summed E-state index contributed by atoms with van der Waals surface area (Å²) in [6.45, 7) is 5.03. The van der Waals surface area contributed by atoms with E-state index in [1.165, 1.54) is 0 Å². The molecule has 1 aliphatic heterocycles. The van der Waals surface area contributed by atoms with Crippen molar-refractivity contribution >= 4 is 11.8 Å². The van der Waals surface area contributed by atoms with Gasteiger partial charge in [0.05, 0.1) is 11.9 Å². The van der Waals surface area contributed by atoms with Gasteiger partial charge in [-0.25, -0.2) is 4.98 Å². The number of methoxy groups -OCH3 is 1. The van der Waals surface area contributed by atoms with Crippen LogP contribution >= 0.6 is 11.8 Å². The van der Waals surface area contributed by atoms with Crippen molar-refractivity contribution in [2.45, 2.75) is 25.0 Å². The molecular formula is C17H22N2O3S. The molecular weight excluding hydrogens is 312 g/mol. The molecule has 2 heterocycles. The summed E-state index contributed by atoms with van der Waals surface area (Å²) in [4.78, 5) is 4.59. The Morgan fingerprint density at radius 2 is 2.09 bits per heavy atom. The molecule has 23 heavy (non-hydrogen) atoms. The minimum atomic E-state index is 0.601. The van der Waals surface area contributed by atoms with Crippen molar-refractivity contribution in [2.24, 2.45) is 0 Å². The van der Waals surface area contributed by atoms with Crippen LogP contribution in [0.4, 0.5) is 0 Å². The second-order valence-electron chi connectivity index (χ2n) is 5.22. The van der Waals surface area contributed by atoms with Crippen molar-refractivity contribution in [1.82, 2.24) is 9.55 Å². The van der Waals surface area contributed by atoms with Gasteiger partial charge < -0.3 is 18.8 Å². The Labute approximate surface area is 141 Å². The quantitative estimate of drug-likeness (QED) is 0.573. The fraction of sp³-hybridized carbons (Fsp3) is 0.471. The second kappa shape index (κ2) is 7.75. The average molecular weight is 334 g/mol. The predicted octanol–water partition coefficient (Wildman–Crippen LogP) is 3.47. The topological polar surface area (TPSA) is 45.5 Å². The maximum atomic E-state index is 5.68. The highest BCUT2D eigenvalue weighted by molar-refractivity contribution is 7.99. The summed E-state index contributed by atoms with van der Waals surface area (Å²) < 4.78 is 18.6. The van der Waals surface area contributed by atoms with Crippen LogP contribution in [0.3, 0.4) is 0 Å². The van der Waals surface area contributed by atoms with E-state index in [9.17, 15) is 0 Å². The van der Waals surface area contributed by atoms with Crippen molar-refractivity contribution in [2.75, 3.05) is 32.7 Å². The van der Waals surface area contributed by atoms with Gasteiger partial charge >= 0.3 is 0 Å². The highest BCUT2D eigenvalue weighted by Gasteiger charge is 2.16. The van der Waals surface area contributed by atoms with Gasteiger partial charge in [0, 0.05) is 31.6 Å². The lowest BCUT2D eigenvalue weighted by Gasteiger charge is -2.19. The number of hydrogen-bond donors (Lipinski definition) is 0. The molecule has 5 nitrogen and oxygen atoms in total. The van der Waals surface area contributed by atoms with E-state index in [1.54, 1.807) is 18.9 Å². The predicted molar refractivity (Wildman–Crippen MR) is 91.5 cm³/mol. The summed E-state index contributed by atoms with van der Waals surface area (Å²) in [6, 6.07) is 6.08. The number of nitrogens with zero attached hydrogens (tertiary/aromatic N) is 2. The molecule has 0 aliphatic carbocycles. The molecule has 0 saturated carbocycles. The summed E-state index contributed by atoms with van der Waals surface area (Å²) >= 11 is 1.77. The Morgan fingerprint density at radius 1 is 1.26 bits per heavy atom. The third-order valence-electron chi connectivity index (χ3n) is 3.70. The Hall–Kier alpha value is -1.66. The van der Waals surface area contributed by atoms with E-state index in [1.807, 2.05) is 18.3 Å². The smallest absolute Gasteiger partial charge is 0.168 e. The first-order valence-electron chi connectivity index (χ1n) is 7.90. The van der Waals surface area contributed by atoms with Gasteiger partial charge in [0.15, 0.2) is 16.7 Å². The molecule has 1 aromatic heterocycles. The summed E-state index contributed by atoms with van der Waals surface area (Å²) in [7, 11) is 1.73. The largest absolute Gasteiger partial charge is 0.486 e. The maximum absolute atomic E-state index is 5.68. The normalized spacial score (nSPS) is 13.3. The molecule has 0 amide bonds. The van der Waals surface area contributed by atoms with Gasteiger partial charge in [-0.2, -0.15) is 0 Å². The summed E-state index contributed by atoms with van der Waals surface area (Å²) in [5.41, 5.74) is 2.21. The Balaban J connectivity index is 1.81. The molecule has 0 saturated heterocycles. The summed E-state index contributed by atoms with van der Waals surface area (Å²) in [5.74, 6) is 2.63. The fourth-order valence-electron chi connectivity index (χ4n) is 2.58. The number of aromatic nitrogens is 2. The second-order valence-corrected chi connectivity index (χ2v) is 6.29. The van der Waals surface area contributed by atoms with E-state index in [0.29, 0.717) is 13.2 Å². The Bertz CT molecular complexity index is 657. The number of rotatable bonds is 7. The summed E-state index contributed by atoms with van der Waals surface area (Å²) in [5, 5.41) is 1.05. The van der Waals surface area contributed by atoms with E-state index in [2.05, 4.69) is 22.5 Å². The van der Waals surface area contributed by atoms with Crippen LogP contribution < -0.4 is 9.47 Å². The van der Waals surface area contributed by atoms with Gasteiger partial charge in [-0.05, 0) is 31.5 Å². The number of thioether (sulfide) groups is 1. The number of imidazole rings is 1. The zero-order chi connectivity index (χ0) is 16.1. The zero-order valence-corrected chi connectivity index (χ0v) is 14.4. The van der Waals surface area contributed by atoms with Crippen molar-refractivity contribution in [3.05, 3.63) is 24.4 Å². The van der Waals surface area contributed by atoms with Crippen LogP contribution in [0.15, 0.2) is 29.6 Å². The Kier molecular flexibility index (Phi) is 5.46. The first kappa shape index (κ1) is 16.2. The number of ether oxygens (including phenoxy) is 3. The highest BCUT2D eigenvalue weighted by Crippen LogP contribution is 2.35. The number of fused-ring (bicyclic) bond motifs is 1. The molecule has 2 aromatic rings. The van der Waals surface area contributed by atoms with E-state index >= 15 is 0 Å². The third kappa shape index (κ3) is 3.64. The maximum Gasteiger partial charge on any atom is 0.168 e. The van der Waals surface area contributed by atoms with Gasteiger partial charge in [0.25, 0.3) is 0 Å². The van der Waals surface area contributed by atoms with Gasteiger partial charge in [-0.3, -0.25) is 0 Å². The standard InChI is InChI=1S/C17H22N2O3S/c1-3-19-14(12-18-17(19)23-10-4-7-20-2)13-5-6-15-16(11-13)22-9-8-21-15/h5-6,11-12H,3-4,7-10H2,1-2H3. The van der Waals surface area contributed by atoms with E-state index in [0.717, 1.165) is 53.2 Å². The van der Waals surface area contributed by atoms with Crippen LogP contribution in [0.5, 0.6) is 11.5 Å². The van der Waals surface area contributed by atoms with Gasteiger partial charge in [-0.15, -0.1) is 0 Å². The van der Waals surface area contributed by atoms with E-state index in [4.69, 9.17) is 14.2 Å². The van der Waals surface area contributed by atoms with Crippen molar-refractivity contribution in [3.8, 4) is 22.8 Å². The van der Waals surface area contributed by atoms with Crippen LogP contribution in [-0.2, 0) is 11.3 Å². The van der Waals surface area contributed by atoms with Gasteiger partial charge in [0.2, 0.25) is 0 Å². The van der Waals surface area contributed by atoms with Crippen molar-refractivity contribution in [1.29, 1.82) is 0 Å². The molecule has 0 radical (unpaired) electrons. The minimum Gasteiger partial charge on any atom is -0.486 e. The number of hydrogen-bond acceptors (Lipinski definition) is 5. The van der Waals surface area contributed by atoms with Crippen LogP contribution in [0, 0.1) is 0 Å². The monoisotopic (exact) mass is 334 g/mol. The highest BCUT2D eigenvalue weighted by atomic mass is 32.2. The lowest BCUT2D eigenvalue weighted by Crippen LogP contribution is -2.15. The molecule has 0 N–H and O–H groups in total. The molecule has 0 atom stereocenters. The molecule has 0 fully saturated rings. The van der Waals surface area contributed by atoms with Crippen molar-refractivity contribution < 1.29 is 14.2 Å². The van der Waals surface area contributed by atoms with Crippen LogP contribution in [0.2, 0.25) is 0 Å². The van der Waals surface area contributed by atoms with Crippen LogP contribution in [0.25, 0.3) is 11.3 Å². The molecule has 1 aliphatic rings. The molecule has 0 unspecified atom stereocenters. The van der Waals surface area contributed by atoms with Gasteiger partial charge in [0.1, 0.15) is 13.2 Å². The molecule has 0 spiro atoms. The lowest BCUT2D eigenvalue weighted by atomic mass is 10.1. The number of benzene rings is 1. The van der Waals surface area contributed by atoms with Crippen LogP contribution in [0.1, 0.15) is 13.3 Å². The molecule has 1 aromatic carbocycles. The van der Waals surface area contributed by atoms with Crippen LogP contribution in [-0.4, -0.2) is 42.2 Å². The van der Waals surface area contributed by atoms with Crippen molar-refractivity contribution in [3.63, 3.8) is 0 Å². The van der Waals surface area contributed by atoms with E-state index in [-0.39, 0.29) is 0 Å². The van der Waals surface area contributed by atoms with E-state index < -0.39 is 0 Å². The first-order chi connectivity index (χ1) is 11.3. The third-order valence-corrected chi connectivity index (χ3v) is 4.77. The first-order valence-corrected chi connectivity index (χ1v) is 8.89. The van der Waals surface area contributed by atoms with Gasteiger partial charge in [-0.1, -0.05) is 11.8 Å². The fourth-order valence-corrected chi connectivity index (χ4v) is 3.53. The summed E-state index contributed by atoms with van der Waals surface area (Å²) in [6.07, 6.45) is 2.96.